The van der Waals surface area contributed by atoms with Crippen LogP contribution in [0.25, 0.3) is 0 Å². The van der Waals surface area contributed by atoms with Gasteiger partial charge in [0.2, 0.25) is 0 Å². The summed E-state index contributed by atoms with van der Waals surface area (Å²) in [6.45, 7) is 4.06. The lowest BCUT2D eigenvalue weighted by atomic mass is 9.73. The van der Waals surface area contributed by atoms with Crippen molar-refractivity contribution in [3.8, 4) is 11.5 Å². The van der Waals surface area contributed by atoms with Crippen LogP contribution >= 0.6 is 0 Å². The molecule has 0 saturated heterocycles. The van der Waals surface area contributed by atoms with Crippen LogP contribution in [0.5, 0.6) is 11.5 Å². The number of allylic oxidation sites excluding steroid dienone is 5. The van der Waals surface area contributed by atoms with Crippen LogP contribution in [0.4, 0.5) is 5.69 Å². The largest absolute Gasteiger partial charge is 0.493 e. The highest BCUT2D eigenvalue weighted by Gasteiger charge is 2.42. The van der Waals surface area contributed by atoms with E-state index in [4.69, 9.17) is 14.2 Å². The lowest BCUT2D eigenvalue weighted by molar-refractivity contribution is -0.384. The molecule has 0 spiro atoms. The highest BCUT2D eigenvalue weighted by atomic mass is 16.6. The Labute approximate surface area is 220 Å². The minimum Gasteiger partial charge on any atom is -0.493 e. The summed E-state index contributed by atoms with van der Waals surface area (Å²) < 4.78 is 18.1. The van der Waals surface area contributed by atoms with Crippen LogP contribution in [-0.2, 0) is 27.4 Å². The third-order valence-corrected chi connectivity index (χ3v) is 7.24. The third-order valence-electron chi connectivity index (χ3n) is 7.24. The summed E-state index contributed by atoms with van der Waals surface area (Å²) >= 11 is 0. The molecule has 2 aromatic rings. The van der Waals surface area contributed by atoms with Gasteiger partial charge in [-0.2, -0.15) is 0 Å². The van der Waals surface area contributed by atoms with Crippen molar-refractivity contribution in [2.75, 3.05) is 7.11 Å². The van der Waals surface area contributed by atoms with Crippen LogP contribution in [0.1, 0.15) is 61.1 Å². The van der Waals surface area contributed by atoms with Crippen molar-refractivity contribution in [3.63, 3.8) is 0 Å². The average Bonchev–Trinajstić information content (AvgIpc) is 2.91. The Morgan fingerprint density at radius 3 is 2.21 bits per heavy atom. The van der Waals surface area contributed by atoms with Crippen LogP contribution in [0.15, 0.2) is 71.7 Å². The molecule has 8 heteroatoms. The van der Waals surface area contributed by atoms with Gasteiger partial charge in [-0.3, -0.25) is 19.7 Å². The number of carbonyl (C=O) groups excluding carboxylic acids is 2. The minimum atomic E-state index is -0.504. The van der Waals surface area contributed by atoms with Crippen molar-refractivity contribution >= 4 is 17.3 Å². The molecule has 5 rings (SSSR count). The van der Waals surface area contributed by atoms with Crippen molar-refractivity contribution < 1.29 is 28.7 Å². The van der Waals surface area contributed by atoms with Gasteiger partial charge in [-0.25, -0.2) is 0 Å². The number of Topliss-reactive ketones (excluding diaryl/α,β-unsaturated/α-hetero) is 2. The number of nitrogens with zero attached hydrogens (tertiary/aromatic N) is 1. The predicted molar refractivity (Wildman–Crippen MR) is 140 cm³/mol. The van der Waals surface area contributed by atoms with Gasteiger partial charge < -0.3 is 14.2 Å². The van der Waals surface area contributed by atoms with Gasteiger partial charge in [-0.05, 0) is 48.6 Å². The van der Waals surface area contributed by atoms with Gasteiger partial charge in [-0.15, -0.1) is 6.58 Å². The fourth-order valence-corrected chi connectivity index (χ4v) is 5.49. The van der Waals surface area contributed by atoms with E-state index in [2.05, 4.69) is 6.58 Å². The molecule has 196 valence electrons. The van der Waals surface area contributed by atoms with Gasteiger partial charge in [-0.1, -0.05) is 12.1 Å². The number of methoxy groups -OCH3 is 1. The van der Waals surface area contributed by atoms with Gasteiger partial charge in [0.25, 0.3) is 5.69 Å². The molecule has 1 aliphatic heterocycles. The first-order valence-electron chi connectivity index (χ1n) is 12.8. The second kappa shape index (κ2) is 10.7. The Morgan fingerprint density at radius 1 is 1.03 bits per heavy atom. The molecule has 0 radical (unpaired) electrons. The Morgan fingerprint density at radius 2 is 1.66 bits per heavy atom. The molecule has 3 aliphatic rings. The van der Waals surface area contributed by atoms with Crippen molar-refractivity contribution in [1.82, 2.24) is 0 Å². The van der Waals surface area contributed by atoms with E-state index in [0.29, 0.717) is 66.3 Å². The van der Waals surface area contributed by atoms with E-state index in [1.54, 1.807) is 25.3 Å². The predicted octanol–water partition coefficient (Wildman–Crippen LogP) is 6.04. The highest BCUT2D eigenvalue weighted by molar-refractivity contribution is 6.05. The van der Waals surface area contributed by atoms with Gasteiger partial charge >= 0.3 is 0 Å². The number of hydrogen-bond donors (Lipinski definition) is 0. The van der Waals surface area contributed by atoms with Crippen molar-refractivity contribution in [2.45, 2.75) is 57.5 Å². The number of ketones is 2. The zero-order valence-corrected chi connectivity index (χ0v) is 21.3. The van der Waals surface area contributed by atoms with E-state index < -0.39 is 10.8 Å². The molecule has 0 unspecified atom stereocenters. The van der Waals surface area contributed by atoms with E-state index in [0.717, 1.165) is 29.5 Å². The lowest BCUT2D eigenvalue weighted by Gasteiger charge is -2.36. The SMILES string of the molecule is C=CCc1cc(C2C3=C(CCCC3=O)OC3=C2C(=O)CCC3)cc(OC)c1OCc1ccc([N+](=O)[O-])cc1. The number of nitro benzene ring substituents is 1. The molecule has 38 heavy (non-hydrogen) atoms. The van der Waals surface area contributed by atoms with Crippen LogP contribution in [-0.4, -0.2) is 23.6 Å². The number of benzene rings is 2. The van der Waals surface area contributed by atoms with Crippen LogP contribution in [0.3, 0.4) is 0 Å². The van der Waals surface area contributed by atoms with Crippen LogP contribution in [0.2, 0.25) is 0 Å². The maximum absolute atomic E-state index is 13.2. The molecule has 2 aromatic carbocycles. The maximum atomic E-state index is 13.2. The molecule has 0 fully saturated rings. The molecule has 8 nitrogen and oxygen atoms in total. The quantitative estimate of drug-likeness (QED) is 0.240. The molecular weight excluding hydrogens is 486 g/mol. The Hall–Kier alpha value is -4.20. The van der Waals surface area contributed by atoms with E-state index >= 15 is 0 Å². The van der Waals surface area contributed by atoms with Gasteiger partial charge in [0.05, 0.1) is 12.0 Å². The normalized spacial score (nSPS) is 17.5. The molecule has 0 amide bonds. The van der Waals surface area contributed by atoms with E-state index in [1.165, 1.54) is 12.1 Å². The number of rotatable bonds is 8. The maximum Gasteiger partial charge on any atom is 0.269 e. The second-order valence-electron chi connectivity index (χ2n) is 9.68. The van der Waals surface area contributed by atoms with Gasteiger partial charge in [0.15, 0.2) is 23.1 Å². The van der Waals surface area contributed by atoms with Crippen molar-refractivity contribution in [3.05, 3.63) is 98.5 Å². The zero-order chi connectivity index (χ0) is 26.8. The molecule has 0 aromatic heterocycles. The van der Waals surface area contributed by atoms with Crippen molar-refractivity contribution in [1.29, 1.82) is 0 Å². The van der Waals surface area contributed by atoms with Crippen LogP contribution < -0.4 is 9.47 Å². The summed E-state index contributed by atoms with van der Waals surface area (Å²) in [6.07, 6.45) is 5.93. The molecule has 0 saturated carbocycles. The number of ether oxygens (including phenoxy) is 3. The molecule has 0 bridgehead atoms. The first kappa shape index (κ1) is 25.4. The van der Waals surface area contributed by atoms with Crippen LogP contribution in [0, 0.1) is 10.1 Å². The summed E-state index contributed by atoms with van der Waals surface area (Å²) in [6, 6.07) is 9.98. The summed E-state index contributed by atoms with van der Waals surface area (Å²) in [5.41, 5.74) is 3.53. The first-order valence-corrected chi connectivity index (χ1v) is 12.8. The highest BCUT2D eigenvalue weighted by Crippen LogP contribution is 2.49. The number of hydrogen-bond acceptors (Lipinski definition) is 7. The lowest BCUT2D eigenvalue weighted by Crippen LogP contribution is -2.30. The third kappa shape index (κ3) is 4.74. The minimum absolute atomic E-state index is 0.0105. The topological polar surface area (TPSA) is 105 Å². The van der Waals surface area contributed by atoms with Gasteiger partial charge in [0, 0.05) is 60.4 Å². The summed E-state index contributed by atoms with van der Waals surface area (Å²) in [7, 11) is 1.55. The van der Waals surface area contributed by atoms with Gasteiger partial charge in [0.1, 0.15) is 18.1 Å². The number of carbonyl (C=O) groups is 2. The molecule has 0 atom stereocenters. The number of non-ortho nitro benzene ring substituents is 1. The Balaban J connectivity index is 1.56. The molecule has 0 N–H and O–H groups in total. The Kier molecular flexibility index (Phi) is 7.13. The fraction of sp³-hybridized carbons (Fsp3) is 0.333. The van der Waals surface area contributed by atoms with E-state index in [1.807, 2.05) is 12.1 Å². The van der Waals surface area contributed by atoms with E-state index in [9.17, 15) is 19.7 Å². The summed E-state index contributed by atoms with van der Waals surface area (Å²) in [4.78, 5) is 36.8. The molecule has 2 aliphatic carbocycles. The van der Waals surface area contributed by atoms with E-state index in [-0.39, 0.29) is 23.9 Å². The fourth-order valence-electron chi connectivity index (χ4n) is 5.49. The second-order valence-corrected chi connectivity index (χ2v) is 9.68. The zero-order valence-electron chi connectivity index (χ0n) is 21.3. The molecular formula is C30H29NO7. The smallest absolute Gasteiger partial charge is 0.269 e. The standard InChI is InChI=1S/C30H29NO7/c1-3-6-19-15-20(16-26(36-2)30(19)37-17-18-11-13-21(14-12-18)31(34)35)27-28-22(32)7-4-9-24(28)38-25-10-5-8-23(33)29(25)27/h3,11-16,27H,1,4-10,17H2,2H3. The summed E-state index contributed by atoms with van der Waals surface area (Å²) in [5.74, 6) is 1.90. The number of nitro groups is 1. The monoisotopic (exact) mass is 515 g/mol. The Bertz CT molecular complexity index is 1340. The first-order chi connectivity index (χ1) is 18.4. The molecule has 1 heterocycles. The van der Waals surface area contributed by atoms with Crippen molar-refractivity contribution in [2.24, 2.45) is 0 Å². The average molecular weight is 516 g/mol. The summed E-state index contributed by atoms with van der Waals surface area (Å²) in [5, 5.41) is 11.0.